The molecule has 0 spiro atoms. The number of fused-ring (bicyclic) bond motifs is 1. The zero-order valence-corrected chi connectivity index (χ0v) is 17.6. The Morgan fingerprint density at radius 1 is 1.25 bits per heavy atom. The van der Waals surface area contributed by atoms with Gasteiger partial charge in [0.05, 0.1) is 5.69 Å². The van der Waals surface area contributed by atoms with Gasteiger partial charge in [-0.15, -0.1) is 11.3 Å². The van der Waals surface area contributed by atoms with Crippen molar-refractivity contribution in [2.24, 2.45) is 5.92 Å². The van der Waals surface area contributed by atoms with Crippen molar-refractivity contribution in [3.63, 3.8) is 0 Å². The van der Waals surface area contributed by atoms with Gasteiger partial charge in [0.2, 0.25) is 11.8 Å². The number of rotatable bonds is 3. The van der Waals surface area contributed by atoms with Crippen LogP contribution in [0.3, 0.4) is 0 Å². The number of alkyl carbamates (subject to hydrolysis) is 1. The van der Waals surface area contributed by atoms with Crippen LogP contribution in [0.25, 0.3) is 0 Å². The summed E-state index contributed by atoms with van der Waals surface area (Å²) in [6.07, 6.45) is 2.71. The van der Waals surface area contributed by atoms with Crippen molar-refractivity contribution < 1.29 is 19.1 Å². The number of piperidine rings is 1. The standard InChI is InChI=1S/C19H28N4O4S/c1-19(2,3)27-18(26)20-12-5-6-13-14(10-12)28-17(21-13)22-16(25)11-7-8-23(4)15(24)9-11/h11-12H,5-10H2,1-4H3,(H,20,26)(H,21,22,25)/t11?,12-/m0/s1. The van der Waals surface area contributed by atoms with Crippen LogP contribution in [-0.4, -0.2) is 53.0 Å². The molecule has 154 valence electrons. The lowest BCUT2D eigenvalue weighted by atomic mass is 9.96. The average Bonchev–Trinajstić information content (AvgIpc) is 2.96. The third kappa shape index (κ3) is 5.21. The Kier molecular flexibility index (Phi) is 5.92. The molecular weight excluding hydrogens is 380 g/mol. The predicted molar refractivity (Wildman–Crippen MR) is 106 cm³/mol. The zero-order chi connectivity index (χ0) is 20.5. The fourth-order valence-corrected chi connectivity index (χ4v) is 4.49. The first kappa shape index (κ1) is 20.6. The molecule has 1 fully saturated rings. The quantitative estimate of drug-likeness (QED) is 0.799. The van der Waals surface area contributed by atoms with E-state index in [4.69, 9.17) is 4.74 Å². The van der Waals surface area contributed by atoms with Gasteiger partial charge in [-0.1, -0.05) is 0 Å². The van der Waals surface area contributed by atoms with Gasteiger partial charge in [0, 0.05) is 43.3 Å². The van der Waals surface area contributed by atoms with Gasteiger partial charge in [0.25, 0.3) is 0 Å². The van der Waals surface area contributed by atoms with Crippen LogP contribution in [0, 0.1) is 5.92 Å². The Hall–Kier alpha value is -2.16. The molecule has 2 N–H and O–H groups in total. The van der Waals surface area contributed by atoms with E-state index < -0.39 is 11.7 Å². The molecule has 1 aromatic rings. The molecule has 1 aromatic heterocycles. The fraction of sp³-hybridized carbons (Fsp3) is 0.684. The normalized spacial score (nSPS) is 22.4. The van der Waals surface area contributed by atoms with Crippen molar-refractivity contribution in [2.75, 3.05) is 18.9 Å². The molecule has 9 heteroatoms. The number of aromatic nitrogens is 1. The molecule has 0 radical (unpaired) electrons. The maximum Gasteiger partial charge on any atom is 0.407 e. The summed E-state index contributed by atoms with van der Waals surface area (Å²) in [6.45, 7) is 6.11. The van der Waals surface area contributed by atoms with Gasteiger partial charge < -0.3 is 20.3 Å². The number of nitrogens with zero attached hydrogens (tertiary/aromatic N) is 2. The highest BCUT2D eigenvalue weighted by atomic mass is 32.1. The van der Waals surface area contributed by atoms with Gasteiger partial charge in [-0.05, 0) is 40.0 Å². The molecular formula is C19H28N4O4S. The average molecular weight is 409 g/mol. The van der Waals surface area contributed by atoms with Crippen LogP contribution < -0.4 is 10.6 Å². The molecule has 0 aromatic carbocycles. The van der Waals surface area contributed by atoms with E-state index in [1.54, 1.807) is 11.9 Å². The van der Waals surface area contributed by atoms with E-state index >= 15 is 0 Å². The Morgan fingerprint density at radius 2 is 2.00 bits per heavy atom. The number of hydrogen-bond acceptors (Lipinski definition) is 6. The largest absolute Gasteiger partial charge is 0.444 e. The topological polar surface area (TPSA) is 101 Å². The summed E-state index contributed by atoms with van der Waals surface area (Å²) in [4.78, 5) is 43.6. The maximum atomic E-state index is 12.5. The summed E-state index contributed by atoms with van der Waals surface area (Å²) in [5.41, 5.74) is 0.447. The van der Waals surface area contributed by atoms with Crippen molar-refractivity contribution >= 4 is 34.4 Å². The molecule has 2 heterocycles. The summed E-state index contributed by atoms with van der Waals surface area (Å²) < 4.78 is 5.32. The Balaban J connectivity index is 1.55. The van der Waals surface area contributed by atoms with E-state index in [0.29, 0.717) is 24.5 Å². The highest BCUT2D eigenvalue weighted by Crippen LogP contribution is 2.31. The lowest BCUT2D eigenvalue weighted by Crippen LogP contribution is -2.41. The molecule has 1 saturated heterocycles. The number of aryl methyl sites for hydroxylation is 1. The Morgan fingerprint density at radius 3 is 2.68 bits per heavy atom. The number of hydrogen-bond donors (Lipinski definition) is 2. The molecule has 1 aliphatic heterocycles. The van der Waals surface area contributed by atoms with Crippen molar-refractivity contribution in [3.8, 4) is 0 Å². The first-order chi connectivity index (χ1) is 13.1. The Labute approximate surface area is 169 Å². The minimum absolute atomic E-state index is 0.000826. The van der Waals surface area contributed by atoms with Crippen LogP contribution in [0.4, 0.5) is 9.93 Å². The monoisotopic (exact) mass is 408 g/mol. The van der Waals surface area contributed by atoms with Crippen LogP contribution in [0.2, 0.25) is 0 Å². The van der Waals surface area contributed by atoms with E-state index in [-0.39, 0.29) is 30.2 Å². The summed E-state index contributed by atoms with van der Waals surface area (Å²) in [5.74, 6) is -0.442. The molecule has 3 amide bonds. The van der Waals surface area contributed by atoms with Crippen LogP contribution in [0.5, 0.6) is 0 Å². The maximum absolute atomic E-state index is 12.5. The van der Waals surface area contributed by atoms with E-state index in [0.717, 1.165) is 23.4 Å². The number of anilines is 1. The minimum atomic E-state index is -0.527. The number of thiazole rings is 1. The molecule has 8 nitrogen and oxygen atoms in total. The smallest absolute Gasteiger partial charge is 0.407 e. The van der Waals surface area contributed by atoms with Crippen LogP contribution in [0.1, 0.15) is 50.6 Å². The lowest BCUT2D eigenvalue weighted by molar-refractivity contribution is -0.137. The summed E-state index contributed by atoms with van der Waals surface area (Å²) >= 11 is 1.44. The molecule has 0 bridgehead atoms. The molecule has 2 atom stereocenters. The van der Waals surface area contributed by atoms with E-state index in [9.17, 15) is 14.4 Å². The third-order valence-electron chi connectivity index (χ3n) is 4.92. The van der Waals surface area contributed by atoms with Crippen molar-refractivity contribution in [2.45, 2.75) is 64.5 Å². The van der Waals surface area contributed by atoms with Gasteiger partial charge >= 0.3 is 6.09 Å². The van der Waals surface area contributed by atoms with Crippen LogP contribution in [-0.2, 0) is 27.2 Å². The van der Waals surface area contributed by atoms with E-state index in [1.165, 1.54) is 11.3 Å². The predicted octanol–water partition coefficient (Wildman–Crippen LogP) is 2.33. The van der Waals surface area contributed by atoms with Crippen molar-refractivity contribution in [3.05, 3.63) is 10.6 Å². The second kappa shape index (κ2) is 8.06. The first-order valence-corrected chi connectivity index (χ1v) is 10.5. The zero-order valence-electron chi connectivity index (χ0n) is 16.8. The molecule has 0 saturated carbocycles. The van der Waals surface area contributed by atoms with Crippen molar-refractivity contribution in [1.29, 1.82) is 0 Å². The van der Waals surface area contributed by atoms with Gasteiger partial charge in [0.1, 0.15) is 5.60 Å². The summed E-state index contributed by atoms with van der Waals surface area (Å²) in [5, 5.41) is 6.36. The summed E-state index contributed by atoms with van der Waals surface area (Å²) in [6, 6.07) is -0.00199. The van der Waals surface area contributed by atoms with E-state index in [1.807, 2.05) is 20.8 Å². The molecule has 2 aliphatic rings. The van der Waals surface area contributed by atoms with Gasteiger partial charge in [-0.3, -0.25) is 9.59 Å². The second-order valence-electron chi connectivity index (χ2n) is 8.47. The molecule has 1 aliphatic carbocycles. The number of amides is 3. The molecule has 28 heavy (non-hydrogen) atoms. The molecule has 1 unspecified atom stereocenters. The van der Waals surface area contributed by atoms with Crippen LogP contribution in [0.15, 0.2) is 0 Å². The van der Waals surface area contributed by atoms with Gasteiger partial charge in [-0.2, -0.15) is 0 Å². The minimum Gasteiger partial charge on any atom is -0.444 e. The number of nitrogens with one attached hydrogen (secondary N) is 2. The summed E-state index contributed by atoms with van der Waals surface area (Å²) in [7, 11) is 1.76. The van der Waals surface area contributed by atoms with E-state index in [2.05, 4.69) is 15.6 Å². The number of carbonyl (C=O) groups excluding carboxylic acids is 3. The first-order valence-electron chi connectivity index (χ1n) is 9.63. The SMILES string of the molecule is CN1CCC(C(=O)Nc2nc3c(s2)C[C@@H](NC(=O)OC(C)(C)C)CC3)CC1=O. The number of likely N-dealkylation sites (tertiary alicyclic amines) is 1. The van der Waals surface area contributed by atoms with Crippen molar-refractivity contribution in [1.82, 2.24) is 15.2 Å². The van der Waals surface area contributed by atoms with Crippen LogP contribution >= 0.6 is 11.3 Å². The number of carbonyl (C=O) groups is 3. The van der Waals surface area contributed by atoms with Gasteiger partial charge in [-0.25, -0.2) is 9.78 Å². The van der Waals surface area contributed by atoms with Gasteiger partial charge in [0.15, 0.2) is 5.13 Å². The fourth-order valence-electron chi connectivity index (χ4n) is 3.40. The number of ether oxygens (including phenoxy) is 1. The highest BCUT2D eigenvalue weighted by Gasteiger charge is 2.30. The third-order valence-corrected chi connectivity index (χ3v) is 5.96. The second-order valence-corrected chi connectivity index (χ2v) is 9.55. The Bertz CT molecular complexity index is 770. The molecule has 3 rings (SSSR count). The highest BCUT2D eigenvalue weighted by molar-refractivity contribution is 7.15. The lowest BCUT2D eigenvalue weighted by Gasteiger charge is -2.27.